The van der Waals surface area contributed by atoms with E-state index in [1.807, 2.05) is 31.2 Å². The zero-order valence-corrected chi connectivity index (χ0v) is 12.7. The highest BCUT2D eigenvalue weighted by atomic mass is 16.6. The summed E-state index contributed by atoms with van der Waals surface area (Å²) in [5.74, 6) is 0.435. The van der Waals surface area contributed by atoms with Gasteiger partial charge in [-0.1, -0.05) is 25.5 Å². The quantitative estimate of drug-likeness (QED) is 0.597. The fraction of sp³-hybridized carbons (Fsp3) is 0.529. The van der Waals surface area contributed by atoms with Crippen LogP contribution in [0.1, 0.15) is 44.6 Å². The van der Waals surface area contributed by atoms with Crippen molar-refractivity contribution in [3.63, 3.8) is 0 Å². The van der Waals surface area contributed by atoms with Crippen molar-refractivity contribution in [3.8, 4) is 5.75 Å². The second-order valence-corrected chi connectivity index (χ2v) is 5.65. The summed E-state index contributed by atoms with van der Waals surface area (Å²) in [7, 11) is 1.64. The molecule has 0 radical (unpaired) electrons. The van der Waals surface area contributed by atoms with Gasteiger partial charge < -0.3 is 9.47 Å². The number of methoxy groups -OCH3 is 1. The SMILES string of the molecule is CCCC1(CCc2ccc(OC)cc2)CC(=O)CC(=O)O1. The lowest BCUT2D eigenvalue weighted by atomic mass is 9.83. The largest absolute Gasteiger partial charge is 0.497 e. The third-order valence-electron chi connectivity index (χ3n) is 3.93. The molecule has 1 atom stereocenters. The molecule has 1 aromatic carbocycles. The maximum atomic E-state index is 11.7. The number of cyclic esters (lactones) is 1. The first-order valence-electron chi connectivity index (χ1n) is 7.43. The van der Waals surface area contributed by atoms with Crippen LogP contribution < -0.4 is 4.74 Å². The van der Waals surface area contributed by atoms with Gasteiger partial charge in [-0.15, -0.1) is 0 Å². The van der Waals surface area contributed by atoms with Crippen molar-refractivity contribution in [1.82, 2.24) is 0 Å². The first-order chi connectivity index (χ1) is 10.1. The Kier molecular flexibility index (Phi) is 4.99. The second-order valence-electron chi connectivity index (χ2n) is 5.65. The Bertz CT molecular complexity index is 488. The molecule has 0 spiro atoms. The first kappa shape index (κ1) is 15.5. The smallest absolute Gasteiger partial charge is 0.313 e. The van der Waals surface area contributed by atoms with Crippen molar-refractivity contribution in [3.05, 3.63) is 29.8 Å². The molecule has 4 nitrogen and oxygen atoms in total. The molecule has 0 amide bonds. The van der Waals surface area contributed by atoms with Crippen molar-refractivity contribution in [1.29, 1.82) is 0 Å². The van der Waals surface area contributed by atoms with Crippen LogP contribution in [0.25, 0.3) is 0 Å². The standard InChI is InChI=1S/C17H22O4/c1-3-9-17(12-14(18)11-16(19)21-17)10-8-13-4-6-15(20-2)7-5-13/h4-7H,3,8-12H2,1-2H3. The molecule has 0 aromatic heterocycles. The van der Waals surface area contributed by atoms with Gasteiger partial charge in [-0.2, -0.15) is 0 Å². The molecule has 1 aliphatic rings. The number of benzene rings is 1. The average molecular weight is 290 g/mol. The number of ether oxygens (including phenoxy) is 2. The number of hydrogen-bond acceptors (Lipinski definition) is 4. The van der Waals surface area contributed by atoms with Crippen molar-refractivity contribution in [2.45, 2.75) is 51.0 Å². The highest BCUT2D eigenvalue weighted by Crippen LogP contribution is 2.33. The molecule has 1 aromatic rings. The lowest BCUT2D eigenvalue weighted by molar-refractivity contribution is -0.172. The molecular formula is C17H22O4. The minimum absolute atomic E-state index is 0.00516. The average Bonchev–Trinajstić information content (AvgIpc) is 2.45. The number of carbonyl (C=O) groups is 2. The molecule has 4 heteroatoms. The number of carbonyl (C=O) groups excluding carboxylic acids is 2. The topological polar surface area (TPSA) is 52.6 Å². The Hall–Kier alpha value is -1.84. The van der Waals surface area contributed by atoms with Gasteiger partial charge in [0.1, 0.15) is 23.6 Å². The van der Waals surface area contributed by atoms with Crippen molar-refractivity contribution >= 4 is 11.8 Å². The number of hydrogen-bond donors (Lipinski definition) is 0. The van der Waals surface area contributed by atoms with Gasteiger partial charge in [0.05, 0.1) is 7.11 Å². The summed E-state index contributed by atoms with van der Waals surface area (Å²) in [5, 5.41) is 0. The highest BCUT2D eigenvalue weighted by Gasteiger charge is 2.40. The molecule has 114 valence electrons. The van der Waals surface area contributed by atoms with E-state index in [1.54, 1.807) is 7.11 Å². The summed E-state index contributed by atoms with van der Waals surface area (Å²) < 4.78 is 10.7. The van der Waals surface area contributed by atoms with Gasteiger partial charge in [0.15, 0.2) is 0 Å². The molecule has 21 heavy (non-hydrogen) atoms. The van der Waals surface area contributed by atoms with E-state index in [1.165, 1.54) is 0 Å². The number of ketones is 1. The van der Waals surface area contributed by atoms with E-state index in [-0.39, 0.29) is 18.2 Å². The summed E-state index contributed by atoms with van der Waals surface area (Å²) in [5.41, 5.74) is 0.543. The normalized spacial score (nSPS) is 22.0. The molecule has 1 saturated heterocycles. The van der Waals surface area contributed by atoms with E-state index in [4.69, 9.17) is 9.47 Å². The van der Waals surface area contributed by atoms with E-state index in [2.05, 4.69) is 0 Å². The molecule has 0 N–H and O–H groups in total. The lowest BCUT2D eigenvalue weighted by Crippen LogP contribution is -2.43. The molecule has 0 saturated carbocycles. The van der Waals surface area contributed by atoms with Crippen LogP contribution in [-0.2, 0) is 20.7 Å². The minimum atomic E-state index is -0.610. The number of esters is 1. The predicted octanol–water partition coefficient (Wildman–Crippen LogP) is 3.07. The zero-order valence-electron chi connectivity index (χ0n) is 12.7. The third kappa shape index (κ3) is 4.06. The van der Waals surface area contributed by atoms with Crippen LogP contribution in [0.4, 0.5) is 0 Å². The van der Waals surface area contributed by atoms with Gasteiger partial charge in [-0.05, 0) is 37.0 Å². The van der Waals surface area contributed by atoms with E-state index >= 15 is 0 Å². The molecule has 2 rings (SSSR count). The molecule has 1 fully saturated rings. The molecule has 1 heterocycles. The molecule has 0 aliphatic carbocycles. The summed E-state index contributed by atoms with van der Waals surface area (Å²) >= 11 is 0. The number of rotatable bonds is 6. The monoisotopic (exact) mass is 290 g/mol. The van der Waals surface area contributed by atoms with Gasteiger partial charge in [0.25, 0.3) is 0 Å². The van der Waals surface area contributed by atoms with Gasteiger partial charge >= 0.3 is 5.97 Å². The second kappa shape index (κ2) is 6.74. The van der Waals surface area contributed by atoms with Gasteiger partial charge in [0.2, 0.25) is 0 Å². The van der Waals surface area contributed by atoms with Crippen LogP contribution in [-0.4, -0.2) is 24.5 Å². The van der Waals surface area contributed by atoms with Crippen LogP contribution in [0.3, 0.4) is 0 Å². The van der Waals surface area contributed by atoms with Gasteiger partial charge in [-0.3, -0.25) is 9.59 Å². The molecule has 1 unspecified atom stereocenters. The van der Waals surface area contributed by atoms with Crippen LogP contribution in [0, 0.1) is 0 Å². The maximum Gasteiger partial charge on any atom is 0.313 e. The number of Topliss-reactive ketones (excluding diaryl/α,β-unsaturated/α-hetero) is 1. The lowest BCUT2D eigenvalue weighted by Gasteiger charge is -2.36. The van der Waals surface area contributed by atoms with Crippen molar-refractivity contribution in [2.75, 3.05) is 7.11 Å². The van der Waals surface area contributed by atoms with Crippen LogP contribution in [0.5, 0.6) is 5.75 Å². The third-order valence-corrected chi connectivity index (χ3v) is 3.93. The van der Waals surface area contributed by atoms with E-state index in [0.29, 0.717) is 12.8 Å². The summed E-state index contributed by atoms with van der Waals surface area (Å²) in [4.78, 5) is 23.3. The highest BCUT2D eigenvalue weighted by molar-refractivity contribution is 5.98. The van der Waals surface area contributed by atoms with Crippen LogP contribution in [0.2, 0.25) is 0 Å². The number of aryl methyl sites for hydroxylation is 1. The molecule has 1 aliphatic heterocycles. The fourth-order valence-corrected chi connectivity index (χ4v) is 2.92. The fourth-order valence-electron chi connectivity index (χ4n) is 2.92. The van der Waals surface area contributed by atoms with Gasteiger partial charge in [0, 0.05) is 6.42 Å². The Labute approximate surface area is 125 Å². The zero-order chi connectivity index (χ0) is 15.3. The summed E-state index contributed by atoms with van der Waals surface area (Å²) in [6.45, 7) is 2.04. The summed E-state index contributed by atoms with van der Waals surface area (Å²) in [6, 6.07) is 7.84. The Balaban J connectivity index is 2.05. The van der Waals surface area contributed by atoms with Gasteiger partial charge in [-0.25, -0.2) is 0 Å². The molecule has 0 bridgehead atoms. The first-order valence-corrected chi connectivity index (χ1v) is 7.43. The Morgan fingerprint density at radius 1 is 1.19 bits per heavy atom. The van der Waals surface area contributed by atoms with E-state index in [0.717, 1.165) is 30.6 Å². The van der Waals surface area contributed by atoms with Crippen LogP contribution in [0.15, 0.2) is 24.3 Å². The van der Waals surface area contributed by atoms with Crippen molar-refractivity contribution in [2.24, 2.45) is 0 Å². The predicted molar refractivity (Wildman–Crippen MR) is 79.3 cm³/mol. The van der Waals surface area contributed by atoms with E-state index in [9.17, 15) is 9.59 Å². The summed E-state index contributed by atoms with van der Waals surface area (Å²) in [6.07, 6.45) is 3.37. The van der Waals surface area contributed by atoms with Crippen LogP contribution >= 0.6 is 0 Å². The van der Waals surface area contributed by atoms with Crippen molar-refractivity contribution < 1.29 is 19.1 Å². The Morgan fingerprint density at radius 2 is 1.90 bits per heavy atom. The van der Waals surface area contributed by atoms with E-state index < -0.39 is 5.60 Å². The Morgan fingerprint density at radius 3 is 2.48 bits per heavy atom. The molecular weight excluding hydrogens is 268 g/mol. The minimum Gasteiger partial charge on any atom is -0.497 e. The maximum absolute atomic E-state index is 11.7.